The van der Waals surface area contributed by atoms with Gasteiger partial charge in [0.25, 0.3) is 0 Å². The van der Waals surface area contributed by atoms with E-state index in [-0.39, 0.29) is 21.4 Å². The number of ether oxygens (including phenoxy) is 2. The maximum atomic E-state index is 11.8. The van der Waals surface area contributed by atoms with E-state index in [0.29, 0.717) is 0 Å². The smallest absolute Gasteiger partial charge is 0.303 e. The molecule has 0 heterocycles. The minimum absolute atomic E-state index is 0.0152. The van der Waals surface area contributed by atoms with Crippen molar-refractivity contribution in [1.82, 2.24) is 0 Å². The second kappa shape index (κ2) is 14.5. The summed E-state index contributed by atoms with van der Waals surface area (Å²) < 4.78 is 11.6. The molecule has 0 spiro atoms. The highest BCUT2D eigenvalue weighted by atomic mass is 32.2. The Labute approximate surface area is 221 Å². The molecule has 0 N–H and O–H groups in total. The summed E-state index contributed by atoms with van der Waals surface area (Å²) in [6.45, 7) is 24.6. The summed E-state index contributed by atoms with van der Waals surface area (Å²) >= 11 is 1.98. The van der Waals surface area contributed by atoms with Crippen molar-refractivity contribution in [3.05, 3.63) is 23.3 Å². The van der Waals surface area contributed by atoms with Gasteiger partial charge in [-0.25, -0.2) is 0 Å². The van der Waals surface area contributed by atoms with Gasteiger partial charge in [-0.05, 0) is 92.9 Å². The van der Waals surface area contributed by atoms with Crippen LogP contribution < -0.4 is 0 Å². The van der Waals surface area contributed by atoms with Gasteiger partial charge >= 0.3 is 11.9 Å². The summed E-state index contributed by atoms with van der Waals surface area (Å²) in [4.78, 5) is 23.6. The lowest BCUT2D eigenvalue weighted by molar-refractivity contribution is -0.157. The number of esters is 2. The Morgan fingerprint density at radius 2 is 0.886 bits per heavy atom. The van der Waals surface area contributed by atoms with E-state index in [2.05, 4.69) is 81.4 Å². The van der Waals surface area contributed by atoms with E-state index in [1.165, 1.54) is 25.0 Å². The minimum Gasteiger partial charge on any atom is -0.460 e. The molecule has 0 amide bonds. The van der Waals surface area contributed by atoms with Crippen LogP contribution in [0.3, 0.4) is 0 Å². The van der Waals surface area contributed by atoms with Gasteiger partial charge < -0.3 is 9.47 Å². The van der Waals surface area contributed by atoms with E-state index in [1.807, 2.05) is 11.8 Å². The Balaban J connectivity index is 5.20. The Bertz CT molecular complexity index is 679. The molecule has 0 saturated carbocycles. The van der Waals surface area contributed by atoms with Gasteiger partial charge in [0.05, 0.1) is 0 Å². The Kier molecular flexibility index (Phi) is 14.0. The van der Waals surface area contributed by atoms with Gasteiger partial charge in [0.15, 0.2) is 0 Å². The fraction of sp³-hybridized carbons (Fsp3) is 0.800. The normalized spacial score (nSPS) is 15.4. The van der Waals surface area contributed by atoms with Crippen molar-refractivity contribution in [2.24, 2.45) is 0 Å². The zero-order valence-electron chi connectivity index (χ0n) is 24.9. The van der Waals surface area contributed by atoms with Gasteiger partial charge in [-0.2, -0.15) is 0 Å². The predicted molar refractivity (Wildman–Crippen MR) is 152 cm³/mol. The van der Waals surface area contributed by atoms with Crippen molar-refractivity contribution in [2.75, 3.05) is 0 Å². The molecule has 5 heteroatoms. The van der Waals surface area contributed by atoms with E-state index < -0.39 is 11.2 Å². The molecule has 0 fully saturated rings. The van der Waals surface area contributed by atoms with E-state index in [0.717, 1.165) is 51.4 Å². The van der Waals surface area contributed by atoms with Crippen molar-refractivity contribution in [3.8, 4) is 0 Å². The summed E-state index contributed by atoms with van der Waals surface area (Å²) in [6, 6.07) is 0. The molecule has 0 aliphatic rings. The van der Waals surface area contributed by atoms with Gasteiger partial charge in [-0.3, -0.25) is 9.59 Å². The molecule has 4 nitrogen and oxygen atoms in total. The zero-order valence-corrected chi connectivity index (χ0v) is 25.7. The second-order valence-electron chi connectivity index (χ2n) is 12.3. The molecule has 2 unspecified atom stereocenters. The number of hydrogen-bond acceptors (Lipinski definition) is 5. The number of allylic oxidation sites excluding steroid dienone is 4. The average Bonchev–Trinajstić information content (AvgIpc) is 2.63. The van der Waals surface area contributed by atoms with Crippen LogP contribution >= 0.6 is 11.8 Å². The van der Waals surface area contributed by atoms with E-state index in [9.17, 15) is 9.59 Å². The van der Waals surface area contributed by atoms with Gasteiger partial charge in [-0.15, -0.1) is 11.8 Å². The van der Waals surface area contributed by atoms with Crippen LogP contribution in [0.2, 0.25) is 0 Å². The van der Waals surface area contributed by atoms with Crippen LogP contribution in [0.15, 0.2) is 23.3 Å². The Morgan fingerprint density at radius 1 is 0.571 bits per heavy atom. The first-order valence-electron chi connectivity index (χ1n) is 13.1. The summed E-state index contributed by atoms with van der Waals surface area (Å²) in [7, 11) is 0. The van der Waals surface area contributed by atoms with Crippen LogP contribution in [-0.4, -0.2) is 32.6 Å². The van der Waals surface area contributed by atoms with E-state index in [1.54, 1.807) is 0 Å². The molecule has 204 valence electrons. The zero-order chi connectivity index (χ0) is 27.5. The van der Waals surface area contributed by atoms with Gasteiger partial charge in [0.1, 0.15) is 11.2 Å². The first-order valence-corrected chi connectivity index (χ1v) is 14.0. The minimum atomic E-state index is -0.460. The van der Waals surface area contributed by atoms with Crippen molar-refractivity contribution < 1.29 is 19.1 Å². The van der Waals surface area contributed by atoms with Crippen LogP contribution in [0.25, 0.3) is 0 Å². The van der Waals surface area contributed by atoms with Gasteiger partial charge in [0, 0.05) is 23.3 Å². The maximum absolute atomic E-state index is 11.8. The molecule has 35 heavy (non-hydrogen) atoms. The van der Waals surface area contributed by atoms with Crippen LogP contribution in [0, 0.1) is 0 Å². The molecule has 0 rings (SSSR count). The topological polar surface area (TPSA) is 52.6 Å². The lowest BCUT2D eigenvalue weighted by Crippen LogP contribution is -2.36. The molecule has 0 bridgehead atoms. The molecule has 2 atom stereocenters. The van der Waals surface area contributed by atoms with Crippen LogP contribution in [0.5, 0.6) is 0 Å². The molecule has 0 radical (unpaired) electrons. The Morgan fingerprint density at radius 3 is 1.14 bits per heavy atom. The average molecular weight is 511 g/mol. The monoisotopic (exact) mass is 510 g/mol. The maximum Gasteiger partial charge on any atom is 0.303 e. The number of carbonyl (C=O) groups excluding carboxylic acids is 2. The third-order valence-corrected chi connectivity index (χ3v) is 7.81. The summed E-state index contributed by atoms with van der Waals surface area (Å²) in [5.74, 6) is -0.429. The SMILES string of the molecule is CC(=O)OC(C)(CCC=C(C)C)CCC(C)(C)SC(C)(C)CCC(C)(CCC=C(C)C)OC(C)=O. The third kappa shape index (κ3) is 17.0. The molecular weight excluding hydrogens is 456 g/mol. The van der Waals surface area contributed by atoms with Crippen molar-refractivity contribution >= 4 is 23.7 Å². The van der Waals surface area contributed by atoms with Gasteiger partial charge in [0.2, 0.25) is 0 Å². The van der Waals surface area contributed by atoms with Crippen LogP contribution in [0.1, 0.15) is 134 Å². The number of rotatable bonds is 16. The number of carbonyl (C=O) groups is 2. The standard InChI is InChI=1S/C30H54O4S/c1-23(2)15-13-17-29(11,33-25(5)31)21-19-27(7,8)35-28(9,10)20-22-30(12,34-26(6)32)18-14-16-24(3)4/h15-16H,13-14,17-22H2,1-12H3. The quantitative estimate of drug-likeness (QED) is 0.153. The fourth-order valence-corrected chi connectivity index (χ4v) is 6.37. The highest BCUT2D eigenvalue weighted by Gasteiger charge is 2.36. The molecule has 0 aromatic heterocycles. The van der Waals surface area contributed by atoms with Crippen molar-refractivity contribution in [3.63, 3.8) is 0 Å². The van der Waals surface area contributed by atoms with Crippen molar-refractivity contribution in [2.45, 2.75) is 155 Å². The first-order chi connectivity index (χ1) is 15.8. The Hall–Kier alpha value is -1.23. The number of thioether (sulfide) groups is 1. The molecule has 0 saturated heterocycles. The lowest BCUT2D eigenvalue weighted by atomic mass is 9.89. The molecule has 0 aromatic rings. The fourth-order valence-electron chi connectivity index (χ4n) is 4.46. The first kappa shape index (κ1) is 33.8. The summed E-state index contributed by atoms with van der Waals surface area (Å²) in [5.41, 5.74) is 1.65. The van der Waals surface area contributed by atoms with Crippen molar-refractivity contribution in [1.29, 1.82) is 0 Å². The van der Waals surface area contributed by atoms with E-state index in [4.69, 9.17) is 9.47 Å². The summed E-state index contributed by atoms with van der Waals surface area (Å²) in [5, 5.41) is 0. The van der Waals surface area contributed by atoms with Gasteiger partial charge in [-0.1, -0.05) is 51.0 Å². The summed E-state index contributed by atoms with van der Waals surface area (Å²) in [6.07, 6.45) is 11.4. The second-order valence-corrected chi connectivity index (χ2v) is 14.8. The predicted octanol–water partition coefficient (Wildman–Crippen LogP) is 8.97. The lowest BCUT2D eigenvalue weighted by Gasteiger charge is -2.39. The third-order valence-electron chi connectivity index (χ3n) is 6.30. The molecule has 0 aliphatic heterocycles. The molecular formula is C30H54O4S. The largest absolute Gasteiger partial charge is 0.460 e. The highest BCUT2D eigenvalue weighted by molar-refractivity contribution is 8.01. The highest BCUT2D eigenvalue weighted by Crippen LogP contribution is 2.44. The molecule has 0 aliphatic carbocycles. The van der Waals surface area contributed by atoms with E-state index >= 15 is 0 Å². The molecule has 0 aromatic carbocycles. The van der Waals surface area contributed by atoms with Crippen LogP contribution in [0.4, 0.5) is 0 Å². The van der Waals surface area contributed by atoms with Crippen LogP contribution in [-0.2, 0) is 19.1 Å². The number of hydrogen-bond donors (Lipinski definition) is 0.